The van der Waals surface area contributed by atoms with E-state index in [1.807, 2.05) is 0 Å². The van der Waals surface area contributed by atoms with E-state index in [9.17, 15) is 40.1 Å². The summed E-state index contributed by atoms with van der Waals surface area (Å²) in [6, 6.07) is 4.33. The van der Waals surface area contributed by atoms with Crippen molar-refractivity contribution in [1.82, 2.24) is 0 Å². The molecule has 1 heterocycles. The van der Waals surface area contributed by atoms with E-state index in [0.717, 1.165) is 11.3 Å². The van der Waals surface area contributed by atoms with Crippen LogP contribution in [0.2, 0.25) is 0 Å². The van der Waals surface area contributed by atoms with E-state index in [1.54, 1.807) is 0 Å². The van der Waals surface area contributed by atoms with Gasteiger partial charge in [-0.1, -0.05) is 24.0 Å². The normalized spacial score (nSPS) is 12.9. The van der Waals surface area contributed by atoms with Crippen LogP contribution in [0.4, 0.5) is 17.6 Å². The van der Waals surface area contributed by atoms with Crippen LogP contribution in [-0.2, 0) is 19.6 Å². The Labute approximate surface area is 164 Å². The van der Waals surface area contributed by atoms with Crippen molar-refractivity contribution in [3.63, 3.8) is 0 Å². The molecule has 0 saturated heterocycles. The van der Waals surface area contributed by atoms with Gasteiger partial charge in [0.05, 0.1) is 23.5 Å². The number of carbonyl (C=O) groups excluding carboxylic acids is 1. The molecule has 0 aliphatic carbocycles. The third kappa shape index (κ3) is 5.01. The summed E-state index contributed by atoms with van der Waals surface area (Å²) >= 11 is 0.767. The minimum Gasteiger partial charge on any atom is -0.743 e. The molecular formula is C15H11F4O8S2-. The maximum Gasteiger partial charge on any atom is 0.396 e. The van der Waals surface area contributed by atoms with Gasteiger partial charge in [0.25, 0.3) is 0 Å². The number of benzene rings is 1. The lowest BCUT2D eigenvalue weighted by Crippen LogP contribution is -2.47. The lowest BCUT2D eigenvalue weighted by Gasteiger charge is -2.28. The molecule has 0 radical (unpaired) electrons. The lowest BCUT2D eigenvalue weighted by molar-refractivity contribution is -0.170. The molecule has 2 aromatic rings. The molecule has 0 N–H and O–H groups in total. The monoisotopic (exact) mass is 459 g/mol. The summed E-state index contributed by atoms with van der Waals surface area (Å²) in [6.45, 7) is 1.46. The highest BCUT2D eigenvalue weighted by Gasteiger charge is 2.61. The molecule has 160 valence electrons. The number of hydrogen-bond donors (Lipinski definition) is 0. The third-order valence-corrected chi connectivity index (χ3v) is 5.11. The second kappa shape index (κ2) is 8.22. The van der Waals surface area contributed by atoms with Crippen molar-refractivity contribution in [2.45, 2.75) is 17.6 Å². The predicted molar refractivity (Wildman–Crippen MR) is 90.2 cm³/mol. The van der Waals surface area contributed by atoms with Crippen LogP contribution in [-0.4, -0.2) is 43.3 Å². The average molecular weight is 459 g/mol. The maximum atomic E-state index is 13.3. The SMILES string of the molecule is C=C(COCCC(F)(F)C(F)(F)S(=O)(=O)[O-])C(=O)Oc1cccc2sc(=O)oc12. The van der Waals surface area contributed by atoms with E-state index < -0.39 is 57.4 Å². The van der Waals surface area contributed by atoms with E-state index in [-0.39, 0.29) is 11.3 Å². The number of fused-ring (bicyclic) bond motifs is 1. The Hall–Kier alpha value is -2.29. The first-order chi connectivity index (χ1) is 13.3. The van der Waals surface area contributed by atoms with Gasteiger partial charge in [-0.25, -0.2) is 18.0 Å². The van der Waals surface area contributed by atoms with Gasteiger partial charge in [-0.15, -0.1) is 0 Å². The number of ether oxygens (including phenoxy) is 2. The smallest absolute Gasteiger partial charge is 0.396 e. The van der Waals surface area contributed by atoms with Gasteiger partial charge in [0.2, 0.25) is 0 Å². The fourth-order valence-electron chi connectivity index (χ4n) is 1.91. The quantitative estimate of drug-likeness (QED) is 0.140. The van der Waals surface area contributed by atoms with Crippen molar-refractivity contribution < 1.29 is 49.2 Å². The van der Waals surface area contributed by atoms with Gasteiger partial charge in [0, 0.05) is 6.42 Å². The largest absolute Gasteiger partial charge is 0.743 e. The highest BCUT2D eigenvalue weighted by Crippen LogP contribution is 2.40. The van der Waals surface area contributed by atoms with Gasteiger partial charge < -0.3 is 18.4 Å². The molecule has 0 amide bonds. The van der Waals surface area contributed by atoms with Crippen molar-refractivity contribution in [2.75, 3.05) is 13.2 Å². The molecule has 0 spiro atoms. The third-order valence-electron chi connectivity index (χ3n) is 3.39. The Kier molecular flexibility index (Phi) is 6.51. The van der Waals surface area contributed by atoms with Crippen LogP contribution in [0.1, 0.15) is 6.42 Å². The number of alkyl halides is 4. The maximum absolute atomic E-state index is 13.3. The van der Waals surface area contributed by atoms with E-state index >= 15 is 0 Å². The molecule has 0 unspecified atom stereocenters. The van der Waals surface area contributed by atoms with E-state index in [1.165, 1.54) is 18.2 Å². The molecule has 1 aromatic carbocycles. The topological polar surface area (TPSA) is 123 Å². The lowest BCUT2D eigenvalue weighted by atomic mass is 10.2. The molecular weight excluding hydrogens is 448 g/mol. The summed E-state index contributed by atoms with van der Waals surface area (Å²) < 4.78 is 98.1. The van der Waals surface area contributed by atoms with Crippen molar-refractivity contribution in [2.24, 2.45) is 0 Å². The first-order valence-electron chi connectivity index (χ1n) is 7.48. The minimum absolute atomic E-state index is 0.00487. The van der Waals surface area contributed by atoms with Crippen LogP contribution < -0.4 is 9.68 Å². The van der Waals surface area contributed by atoms with Crippen molar-refractivity contribution in [1.29, 1.82) is 0 Å². The zero-order chi connectivity index (χ0) is 22.0. The van der Waals surface area contributed by atoms with E-state index in [2.05, 4.69) is 11.3 Å². The first-order valence-corrected chi connectivity index (χ1v) is 9.70. The summed E-state index contributed by atoms with van der Waals surface area (Å²) in [5, 5.41) is -5.82. The Balaban J connectivity index is 1.91. The molecule has 8 nitrogen and oxygen atoms in total. The van der Waals surface area contributed by atoms with Crippen LogP contribution in [0.15, 0.2) is 39.6 Å². The van der Waals surface area contributed by atoms with Gasteiger partial charge in [-0.05, 0) is 12.1 Å². The number of para-hydroxylation sites is 1. The predicted octanol–water partition coefficient (Wildman–Crippen LogP) is 2.50. The fourth-order valence-corrected chi connectivity index (χ4v) is 3.06. The number of hydrogen-bond acceptors (Lipinski definition) is 9. The standard InChI is InChI=1S/C15H12F4O8S2/c1-8(7-25-6-5-14(16,17)15(18,19)29(22,23)24)12(20)26-9-3-2-4-10-11(9)27-13(21)28-10/h2-4H,1,5-7H2,(H,22,23,24)/p-1. The molecule has 0 aliphatic rings. The average Bonchev–Trinajstić information content (AvgIpc) is 2.98. The summed E-state index contributed by atoms with van der Waals surface area (Å²) in [5.74, 6) is -6.37. The number of esters is 1. The van der Waals surface area contributed by atoms with Crippen molar-refractivity contribution in [3.8, 4) is 5.75 Å². The summed E-state index contributed by atoms with van der Waals surface area (Å²) in [7, 11) is -6.59. The zero-order valence-corrected chi connectivity index (χ0v) is 15.8. The summed E-state index contributed by atoms with van der Waals surface area (Å²) in [6.07, 6.45) is -1.80. The first kappa shape index (κ1) is 23.0. The van der Waals surface area contributed by atoms with Crippen LogP contribution in [0.5, 0.6) is 5.75 Å². The molecule has 0 atom stereocenters. The molecule has 0 saturated carbocycles. The summed E-state index contributed by atoms with van der Waals surface area (Å²) in [5.41, 5.74) is -0.392. The second-order valence-electron chi connectivity index (χ2n) is 5.51. The summed E-state index contributed by atoms with van der Waals surface area (Å²) in [4.78, 5) is 22.6. The van der Waals surface area contributed by atoms with E-state index in [0.29, 0.717) is 4.70 Å². The van der Waals surface area contributed by atoms with Gasteiger partial charge in [0.1, 0.15) is 0 Å². The molecule has 0 aliphatic heterocycles. The van der Waals surface area contributed by atoms with Crippen LogP contribution in [0, 0.1) is 0 Å². The van der Waals surface area contributed by atoms with Gasteiger partial charge in [-0.2, -0.15) is 17.6 Å². The molecule has 14 heteroatoms. The number of carbonyl (C=O) groups is 1. The van der Waals surface area contributed by atoms with Gasteiger partial charge in [0.15, 0.2) is 21.5 Å². The van der Waals surface area contributed by atoms with Gasteiger partial charge in [-0.3, -0.25) is 0 Å². The van der Waals surface area contributed by atoms with Crippen LogP contribution in [0.25, 0.3) is 10.3 Å². The number of halogens is 4. The second-order valence-corrected chi connectivity index (χ2v) is 7.91. The van der Waals surface area contributed by atoms with Crippen molar-refractivity contribution >= 4 is 37.7 Å². The molecule has 1 aromatic heterocycles. The number of rotatable bonds is 9. The van der Waals surface area contributed by atoms with Crippen LogP contribution in [0.3, 0.4) is 0 Å². The van der Waals surface area contributed by atoms with E-state index in [4.69, 9.17) is 9.15 Å². The minimum atomic E-state index is -6.59. The van der Waals surface area contributed by atoms with Crippen molar-refractivity contribution in [3.05, 3.63) is 40.1 Å². The zero-order valence-electron chi connectivity index (χ0n) is 14.2. The van der Waals surface area contributed by atoms with Gasteiger partial charge >= 0.3 is 22.1 Å². The molecule has 0 bridgehead atoms. The molecule has 29 heavy (non-hydrogen) atoms. The highest BCUT2D eigenvalue weighted by molar-refractivity contribution is 7.86. The Morgan fingerprint density at radius 1 is 1.28 bits per heavy atom. The molecule has 0 fully saturated rings. The Morgan fingerprint density at radius 3 is 2.55 bits per heavy atom. The Morgan fingerprint density at radius 2 is 1.93 bits per heavy atom. The van der Waals surface area contributed by atoms with Crippen LogP contribution >= 0.6 is 11.3 Å². The fraction of sp³-hybridized carbons (Fsp3) is 0.333. The Bertz CT molecular complexity index is 1090. The molecule has 2 rings (SSSR count). The highest BCUT2D eigenvalue weighted by atomic mass is 32.2.